The van der Waals surface area contributed by atoms with Crippen molar-refractivity contribution in [1.29, 1.82) is 0 Å². The van der Waals surface area contributed by atoms with Crippen LogP contribution in [0.15, 0.2) is 18.2 Å². The molecule has 20 heavy (non-hydrogen) atoms. The van der Waals surface area contributed by atoms with Gasteiger partial charge in [-0.25, -0.2) is 9.59 Å². The Morgan fingerprint density at radius 2 is 1.80 bits per heavy atom. The predicted molar refractivity (Wildman–Crippen MR) is 64.6 cm³/mol. The number of carbonyl (C=O) groups excluding carboxylic acids is 3. The lowest BCUT2D eigenvalue weighted by molar-refractivity contribution is -0.172. The van der Waals surface area contributed by atoms with Crippen LogP contribution in [0.1, 0.15) is 39.1 Å². The van der Waals surface area contributed by atoms with Crippen LogP contribution >= 0.6 is 0 Å². The van der Waals surface area contributed by atoms with Crippen molar-refractivity contribution in [3.63, 3.8) is 0 Å². The van der Waals surface area contributed by atoms with Gasteiger partial charge in [0.05, 0.1) is 11.1 Å². The summed E-state index contributed by atoms with van der Waals surface area (Å²) >= 11 is 0. The highest BCUT2D eigenvalue weighted by molar-refractivity contribution is 6.03. The molecule has 0 bridgehead atoms. The Hall–Kier alpha value is -2.70. The molecule has 0 aliphatic carbocycles. The molecule has 104 valence electrons. The molecule has 0 unspecified atom stereocenters. The number of carboxylic acids is 1. The number of hydroxylamine groups is 2. The maximum Gasteiger partial charge on any atom is 0.364 e. The maximum atomic E-state index is 11.9. The molecule has 1 N–H and O–H groups in total. The van der Waals surface area contributed by atoms with E-state index in [1.165, 1.54) is 25.1 Å². The Labute approximate surface area is 113 Å². The largest absolute Gasteiger partial charge is 0.478 e. The Balaban J connectivity index is 2.19. The molecular weight excluding hydrogens is 266 g/mol. The van der Waals surface area contributed by atoms with Crippen LogP contribution < -0.4 is 0 Å². The molecule has 0 atom stereocenters. The second-order valence-corrected chi connectivity index (χ2v) is 4.30. The highest BCUT2D eigenvalue weighted by Crippen LogP contribution is 2.17. The Kier molecular flexibility index (Phi) is 3.51. The van der Waals surface area contributed by atoms with E-state index in [2.05, 4.69) is 0 Å². The zero-order valence-electron chi connectivity index (χ0n) is 10.6. The number of rotatable bonds is 3. The van der Waals surface area contributed by atoms with Gasteiger partial charge in [0.1, 0.15) is 0 Å². The van der Waals surface area contributed by atoms with Gasteiger partial charge < -0.3 is 9.94 Å². The van der Waals surface area contributed by atoms with Gasteiger partial charge in [-0.05, 0) is 30.7 Å². The van der Waals surface area contributed by atoms with E-state index in [4.69, 9.17) is 9.94 Å². The van der Waals surface area contributed by atoms with Crippen molar-refractivity contribution >= 4 is 23.8 Å². The number of aryl methyl sites for hydroxylation is 1. The smallest absolute Gasteiger partial charge is 0.364 e. The average molecular weight is 277 g/mol. The monoisotopic (exact) mass is 277 g/mol. The normalized spacial score (nSPS) is 14.6. The van der Waals surface area contributed by atoms with Gasteiger partial charge in [0.25, 0.3) is 11.8 Å². The van der Waals surface area contributed by atoms with E-state index < -0.39 is 23.8 Å². The molecule has 1 aromatic rings. The molecule has 7 heteroatoms. The summed E-state index contributed by atoms with van der Waals surface area (Å²) in [6.45, 7) is 1.54. The number of amides is 2. The standard InChI is InChI=1S/C13H11NO6/c1-7-6-8(12(17)18)2-3-9(7)13(19)20-14-10(15)4-5-11(14)16/h2-3,6H,4-5H2,1H3,(H,17,18). The van der Waals surface area contributed by atoms with Gasteiger partial charge in [0.15, 0.2) is 0 Å². The highest BCUT2D eigenvalue weighted by Gasteiger charge is 2.33. The quantitative estimate of drug-likeness (QED) is 0.824. The molecule has 1 fully saturated rings. The number of imide groups is 1. The van der Waals surface area contributed by atoms with Crippen LogP contribution in [0.5, 0.6) is 0 Å². The molecule has 1 aliphatic rings. The molecular formula is C13H11NO6. The third-order valence-corrected chi connectivity index (χ3v) is 2.87. The van der Waals surface area contributed by atoms with Crippen LogP contribution in [0.3, 0.4) is 0 Å². The second-order valence-electron chi connectivity index (χ2n) is 4.30. The number of carbonyl (C=O) groups is 4. The first-order chi connectivity index (χ1) is 9.40. The van der Waals surface area contributed by atoms with Crippen molar-refractivity contribution in [2.24, 2.45) is 0 Å². The first-order valence-corrected chi connectivity index (χ1v) is 5.82. The molecule has 1 heterocycles. The van der Waals surface area contributed by atoms with Crippen LogP contribution in [0.25, 0.3) is 0 Å². The molecule has 0 radical (unpaired) electrons. The fourth-order valence-electron chi connectivity index (χ4n) is 1.82. The molecule has 2 rings (SSSR count). The van der Waals surface area contributed by atoms with E-state index in [1.54, 1.807) is 0 Å². The molecule has 0 aromatic heterocycles. The van der Waals surface area contributed by atoms with Gasteiger partial charge in [0, 0.05) is 12.8 Å². The molecule has 2 amide bonds. The summed E-state index contributed by atoms with van der Waals surface area (Å²) < 4.78 is 0. The zero-order chi connectivity index (χ0) is 14.9. The summed E-state index contributed by atoms with van der Waals surface area (Å²) in [7, 11) is 0. The number of hydrogen-bond donors (Lipinski definition) is 1. The van der Waals surface area contributed by atoms with E-state index in [1.807, 2.05) is 0 Å². The molecule has 0 saturated carbocycles. The Morgan fingerprint density at radius 1 is 1.20 bits per heavy atom. The van der Waals surface area contributed by atoms with E-state index in [0.29, 0.717) is 10.6 Å². The van der Waals surface area contributed by atoms with Crippen LogP contribution in [0.4, 0.5) is 0 Å². The summed E-state index contributed by atoms with van der Waals surface area (Å²) in [5.41, 5.74) is 0.517. The van der Waals surface area contributed by atoms with Crippen molar-refractivity contribution in [3.8, 4) is 0 Å². The SMILES string of the molecule is Cc1cc(C(=O)O)ccc1C(=O)ON1C(=O)CCC1=O. The van der Waals surface area contributed by atoms with Gasteiger partial charge in [-0.3, -0.25) is 9.59 Å². The molecule has 1 aromatic carbocycles. The maximum absolute atomic E-state index is 11.9. The van der Waals surface area contributed by atoms with Crippen molar-refractivity contribution in [1.82, 2.24) is 5.06 Å². The zero-order valence-corrected chi connectivity index (χ0v) is 10.6. The van der Waals surface area contributed by atoms with Gasteiger partial charge in [-0.1, -0.05) is 0 Å². The minimum absolute atomic E-state index is 0.0169. The van der Waals surface area contributed by atoms with E-state index in [0.717, 1.165) is 0 Å². The lowest BCUT2D eigenvalue weighted by Gasteiger charge is -2.13. The minimum atomic E-state index is -1.11. The lowest BCUT2D eigenvalue weighted by atomic mass is 10.1. The predicted octanol–water partition coefficient (Wildman–Crippen LogP) is 0.914. The van der Waals surface area contributed by atoms with Crippen molar-refractivity contribution < 1.29 is 29.1 Å². The number of aromatic carboxylic acids is 1. The fourth-order valence-corrected chi connectivity index (χ4v) is 1.82. The van der Waals surface area contributed by atoms with Gasteiger partial charge in [0.2, 0.25) is 0 Å². The minimum Gasteiger partial charge on any atom is -0.478 e. The van der Waals surface area contributed by atoms with Crippen LogP contribution in [0, 0.1) is 6.92 Å². The third kappa shape index (κ3) is 2.51. The summed E-state index contributed by atoms with van der Waals surface area (Å²) in [5.74, 6) is -3.12. The first-order valence-electron chi connectivity index (χ1n) is 5.82. The van der Waals surface area contributed by atoms with Crippen LogP contribution in [-0.4, -0.2) is 33.9 Å². The highest BCUT2D eigenvalue weighted by atomic mass is 16.7. The van der Waals surface area contributed by atoms with Crippen LogP contribution in [0.2, 0.25) is 0 Å². The summed E-state index contributed by atoms with van der Waals surface area (Å²) in [6, 6.07) is 3.85. The number of carboxylic acid groups (broad SMARTS) is 1. The van der Waals surface area contributed by atoms with E-state index in [-0.39, 0.29) is 24.0 Å². The topological polar surface area (TPSA) is 101 Å². The third-order valence-electron chi connectivity index (χ3n) is 2.87. The van der Waals surface area contributed by atoms with E-state index >= 15 is 0 Å². The van der Waals surface area contributed by atoms with Gasteiger partial charge in [-0.2, -0.15) is 0 Å². The van der Waals surface area contributed by atoms with Crippen molar-refractivity contribution in [2.75, 3.05) is 0 Å². The second kappa shape index (κ2) is 5.12. The van der Waals surface area contributed by atoms with Crippen molar-refractivity contribution in [2.45, 2.75) is 19.8 Å². The molecule has 0 spiro atoms. The number of benzene rings is 1. The Morgan fingerprint density at radius 3 is 2.30 bits per heavy atom. The van der Waals surface area contributed by atoms with E-state index in [9.17, 15) is 19.2 Å². The van der Waals surface area contributed by atoms with Crippen molar-refractivity contribution in [3.05, 3.63) is 34.9 Å². The summed E-state index contributed by atoms with van der Waals surface area (Å²) in [5, 5.41) is 9.28. The van der Waals surface area contributed by atoms with Crippen LogP contribution in [-0.2, 0) is 14.4 Å². The van der Waals surface area contributed by atoms with Gasteiger partial charge >= 0.3 is 11.9 Å². The summed E-state index contributed by atoms with van der Waals surface area (Å²) in [4.78, 5) is 50.1. The first kappa shape index (κ1) is 13.7. The molecule has 1 saturated heterocycles. The molecule has 7 nitrogen and oxygen atoms in total. The number of nitrogens with zero attached hydrogens (tertiary/aromatic N) is 1. The Bertz CT molecular complexity index is 605. The average Bonchev–Trinajstić information content (AvgIpc) is 2.70. The van der Waals surface area contributed by atoms with Gasteiger partial charge in [-0.15, -0.1) is 5.06 Å². The fraction of sp³-hybridized carbons (Fsp3) is 0.231. The summed E-state index contributed by atoms with van der Waals surface area (Å²) in [6.07, 6.45) is 0.0338. The lowest BCUT2D eigenvalue weighted by Crippen LogP contribution is -2.32. The number of hydrogen-bond acceptors (Lipinski definition) is 5. The molecule has 1 aliphatic heterocycles.